The fraction of sp³-hybridized carbons (Fsp3) is 0.500. The number of sulfonamides is 1. The quantitative estimate of drug-likeness (QED) is 0.580. The van der Waals surface area contributed by atoms with Crippen LogP contribution in [-0.4, -0.2) is 40.5 Å². The average Bonchev–Trinajstić information content (AvgIpc) is 2.31. The van der Waals surface area contributed by atoms with Crippen LogP contribution >= 0.6 is 0 Å². The molecule has 0 bridgehead atoms. The first-order valence-corrected chi connectivity index (χ1v) is 7.50. The molecule has 1 rings (SSSR count). The minimum Gasteiger partial charge on any atom is -0.396 e. The van der Waals surface area contributed by atoms with Gasteiger partial charge in [-0.15, -0.1) is 0 Å². The van der Waals surface area contributed by atoms with Crippen LogP contribution in [0, 0.1) is 5.82 Å². The summed E-state index contributed by atoms with van der Waals surface area (Å²) >= 11 is 0. The van der Waals surface area contributed by atoms with Gasteiger partial charge in [0, 0.05) is 6.54 Å². The van der Waals surface area contributed by atoms with E-state index in [0.29, 0.717) is 6.54 Å². The molecule has 1 aromatic carbocycles. The molecule has 0 aliphatic rings. The third-order valence-electron chi connectivity index (χ3n) is 2.60. The number of hydrogen-bond acceptors (Lipinski definition) is 4. The van der Waals surface area contributed by atoms with Gasteiger partial charge < -0.3 is 10.6 Å². The van der Waals surface area contributed by atoms with E-state index < -0.39 is 15.8 Å². The van der Waals surface area contributed by atoms with Crippen LogP contribution in [-0.2, 0) is 10.0 Å². The maximum Gasteiger partial charge on any atom is 0.240 e. The molecule has 7 heteroatoms. The Kier molecular flexibility index (Phi) is 5.71. The van der Waals surface area contributed by atoms with Gasteiger partial charge in [0.15, 0.2) is 0 Å². The van der Waals surface area contributed by atoms with Crippen LogP contribution in [0.1, 0.15) is 12.8 Å². The number of nitrogen functional groups attached to an aromatic ring is 1. The fourth-order valence-corrected chi connectivity index (χ4v) is 2.64. The van der Waals surface area contributed by atoms with E-state index in [1.807, 2.05) is 19.0 Å². The van der Waals surface area contributed by atoms with Gasteiger partial charge >= 0.3 is 0 Å². The second-order valence-electron chi connectivity index (χ2n) is 4.59. The zero-order chi connectivity index (χ0) is 14.5. The molecule has 0 aromatic heterocycles. The molecule has 1 aromatic rings. The van der Waals surface area contributed by atoms with Gasteiger partial charge in [0.25, 0.3) is 0 Å². The average molecular weight is 289 g/mol. The van der Waals surface area contributed by atoms with Crippen LogP contribution in [0.5, 0.6) is 0 Å². The first-order chi connectivity index (χ1) is 8.83. The summed E-state index contributed by atoms with van der Waals surface area (Å²) in [4.78, 5) is 2.02. The number of hydrogen-bond donors (Lipinski definition) is 2. The Hall–Kier alpha value is -1.18. The van der Waals surface area contributed by atoms with Gasteiger partial charge in [-0.2, -0.15) is 0 Å². The Balaban J connectivity index is 2.54. The summed E-state index contributed by atoms with van der Waals surface area (Å²) in [5.41, 5.74) is 5.18. The summed E-state index contributed by atoms with van der Waals surface area (Å²) in [6.45, 7) is 1.26. The molecular formula is C12H20FN3O2S. The highest BCUT2D eigenvalue weighted by molar-refractivity contribution is 7.89. The molecule has 108 valence electrons. The minimum atomic E-state index is -3.61. The first kappa shape index (κ1) is 15.9. The lowest BCUT2D eigenvalue weighted by atomic mass is 10.3. The van der Waals surface area contributed by atoms with Crippen molar-refractivity contribution < 1.29 is 12.8 Å². The number of halogens is 1. The van der Waals surface area contributed by atoms with Gasteiger partial charge in [-0.05, 0) is 51.7 Å². The summed E-state index contributed by atoms with van der Waals surface area (Å²) in [6.07, 6.45) is 1.65. The maximum absolute atomic E-state index is 13.0. The number of unbranched alkanes of at least 4 members (excludes halogenated alkanes) is 1. The number of nitrogens with two attached hydrogens (primary N) is 1. The van der Waals surface area contributed by atoms with E-state index in [2.05, 4.69) is 4.72 Å². The van der Waals surface area contributed by atoms with Gasteiger partial charge in [-0.1, -0.05) is 0 Å². The maximum atomic E-state index is 13.0. The summed E-state index contributed by atoms with van der Waals surface area (Å²) in [5, 5.41) is 0. The van der Waals surface area contributed by atoms with Crippen molar-refractivity contribution >= 4 is 15.7 Å². The van der Waals surface area contributed by atoms with E-state index in [9.17, 15) is 12.8 Å². The van der Waals surface area contributed by atoms with E-state index in [4.69, 9.17) is 5.73 Å². The molecule has 0 fully saturated rings. The minimum absolute atomic E-state index is 0.0148. The Morgan fingerprint density at radius 1 is 1.32 bits per heavy atom. The summed E-state index contributed by atoms with van der Waals surface area (Å²) < 4.78 is 39.2. The summed E-state index contributed by atoms with van der Waals surface area (Å²) in [5.74, 6) is -0.620. The normalized spacial score (nSPS) is 12.0. The molecule has 0 aliphatic carbocycles. The molecule has 0 amide bonds. The predicted octanol–water partition coefficient (Wildman–Crippen LogP) is 1.03. The lowest BCUT2D eigenvalue weighted by molar-refractivity contribution is 0.394. The number of anilines is 1. The van der Waals surface area contributed by atoms with Gasteiger partial charge in [0.05, 0.1) is 10.6 Å². The SMILES string of the molecule is CN(C)CCCCNS(=O)(=O)c1ccc(F)c(N)c1. The molecule has 0 atom stereocenters. The van der Waals surface area contributed by atoms with Gasteiger partial charge in [0.1, 0.15) is 5.82 Å². The topological polar surface area (TPSA) is 75.4 Å². The number of nitrogens with one attached hydrogen (secondary N) is 1. The molecular weight excluding hydrogens is 269 g/mol. The third kappa shape index (κ3) is 5.14. The van der Waals surface area contributed by atoms with E-state index >= 15 is 0 Å². The van der Waals surface area contributed by atoms with Crippen molar-refractivity contribution in [3.63, 3.8) is 0 Å². The second-order valence-corrected chi connectivity index (χ2v) is 6.36. The monoisotopic (exact) mass is 289 g/mol. The van der Waals surface area contributed by atoms with Crippen LogP contribution < -0.4 is 10.5 Å². The summed E-state index contributed by atoms with van der Waals surface area (Å²) in [6, 6.07) is 3.38. The van der Waals surface area contributed by atoms with E-state index in [0.717, 1.165) is 31.5 Å². The van der Waals surface area contributed by atoms with Crippen molar-refractivity contribution in [2.75, 3.05) is 32.9 Å². The molecule has 0 radical (unpaired) electrons. The molecule has 0 saturated carbocycles. The molecule has 3 N–H and O–H groups in total. The molecule has 19 heavy (non-hydrogen) atoms. The van der Waals surface area contributed by atoms with Crippen LogP contribution in [0.15, 0.2) is 23.1 Å². The standard InChI is InChI=1S/C12H20FN3O2S/c1-16(2)8-4-3-7-15-19(17,18)10-5-6-11(13)12(14)9-10/h5-6,9,15H,3-4,7-8,14H2,1-2H3. The first-order valence-electron chi connectivity index (χ1n) is 6.02. The van der Waals surface area contributed by atoms with Crippen molar-refractivity contribution in [2.45, 2.75) is 17.7 Å². The van der Waals surface area contributed by atoms with Gasteiger partial charge in [-0.3, -0.25) is 0 Å². The molecule has 0 saturated heterocycles. The zero-order valence-electron chi connectivity index (χ0n) is 11.2. The molecule has 0 aliphatic heterocycles. The van der Waals surface area contributed by atoms with Crippen molar-refractivity contribution in [1.82, 2.24) is 9.62 Å². The lowest BCUT2D eigenvalue weighted by Crippen LogP contribution is -2.25. The Bertz CT molecular complexity index is 518. The van der Waals surface area contributed by atoms with E-state index in [1.54, 1.807) is 0 Å². The smallest absolute Gasteiger partial charge is 0.240 e. The number of nitrogens with zero attached hydrogens (tertiary/aromatic N) is 1. The molecule has 0 heterocycles. The number of benzene rings is 1. The van der Waals surface area contributed by atoms with E-state index in [-0.39, 0.29) is 10.6 Å². The van der Waals surface area contributed by atoms with Crippen LogP contribution in [0.2, 0.25) is 0 Å². The zero-order valence-corrected chi connectivity index (χ0v) is 12.0. The van der Waals surface area contributed by atoms with Gasteiger partial charge in [0.2, 0.25) is 10.0 Å². The third-order valence-corrected chi connectivity index (χ3v) is 4.06. The van der Waals surface area contributed by atoms with Crippen molar-refractivity contribution in [1.29, 1.82) is 0 Å². The van der Waals surface area contributed by atoms with Crippen LogP contribution in [0.4, 0.5) is 10.1 Å². The predicted molar refractivity (Wildman–Crippen MR) is 73.8 cm³/mol. The Morgan fingerprint density at radius 2 is 2.00 bits per heavy atom. The van der Waals surface area contributed by atoms with Gasteiger partial charge in [-0.25, -0.2) is 17.5 Å². The number of rotatable bonds is 7. The largest absolute Gasteiger partial charge is 0.396 e. The fourth-order valence-electron chi connectivity index (χ4n) is 1.53. The highest BCUT2D eigenvalue weighted by Crippen LogP contribution is 2.16. The Labute approximate surface area is 113 Å². The van der Waals surface area contributed by atoms with Crippen molar-refractivity contribution in [3.8, 4) is 0 Å². The molecule has 5 nitrogen and oxygen atoms in total. The highest BCUT2D eigenvalue weighted by atomic mass is 32.2. The van der Waals surface area contributed by atoms with Crippen LogP contribution in [0.25, 0.3) is 0 Å². The second kappa shape index (κ2) is 6.83. The molecule has 0 unspecified atom stereocenters. The molecule has 0 spiro atoms. The van der Waals surface area contributed by atoms with Crippen molar-refractivity contribution in [3.05, 3.63) is 24.0 Å². The lowest BCUT2D eigenvalue weighted by Gasteiger charge is -2.10. The highest BCUT2D eigenvalue weighted by Gasteiger charge is 2.14. The van der Waals surface area contributed by atoms with Crippen molar-refractivity contribution in [2.24, 2.45) is 0 Å². The van der Waals surface area contributed by atoms with E-state index in [1.165, 1.54) is 6.07 Å². The van der Waals surface area contributed by atoms with Crippen LogP contribution in [0.3, 0.4) is 0 Å². The summed E-state index contributed by atoms with van der Waals surface area (Å²) in [7, 11) is 0.317. The Morgan fingerprint density at radius 3 is 2.58 bits per heavy atom.